The van der Waals surface area contributed by atoms with E-state index in [4.69, 9.17) is 9.15 Å². The van der Waals surface area contributed by atoms with E-state index in [1.54, 1.807) is 6.07 Å². The third-order valence-electron chi connectivity index (χ3n) is 3.98. The van der Waals surface area contributed by atoms with E-state index in [9.17, 15) is 9.18 Å². The standard InChI is InChI=1S/C17H20FN3O3/c1-23-11-16-20-15(10-24-16)17(22)19-13-5-3-7-21(9-13)14-6-2-4-12(18)8-14/h2,4,6,8,10,13H,3,5,7,9,11H2,1H3,(H,19,22). The van der Waals surface area contributed by atoms with Crippen molar-refractivity contribution in [3.8, 4) is 0 Å². The van der Waals surface area contributed by atoms with Crippen LogP contribution in [0.2, 0.25) is 0 Å². The number of piperidine rings is 1. The second kappa shape index (κ2) is 7.44. The molecule has 128 valence electrons. The van der Waals surface area contributed by atoms with Crippen molar-refractivity contribution in [2.45, 2.75) is 25.5 Å². The maximum absolute atomic E-state index is 13.4. The summed E-state index contributed by atoms with van der Waals surface area (Å²) in [6, 6.07) is 6.49. The van der Waals surface area contributed by atoms with Crippen LogP contribution in [0.15, 0.2) is 34.9 Å². The maximum atomic E-state index is 13.4. The number of hydrogen-bond donors (Lipinski definition) is 1. The fourth-order valence-electron chi connectivity index (χ4n) is 2.87. The Morgan fingerprint density at radius 1 is 1.54 bits per heavy atom. The summed E-state index contributed by atoms with van der Waals surface area (Å²) in [5.41, 5.74) is 1.07. The molecule has 1 atom stereocenters. The number of amides is 1. The Morgan fingerprint density at radius 3 is 3.21 bits per heavy atom. The molecule has 1 amide bonds. The van der Waals surface area contributed by atoms with Crippen LogP contribution in [-0.4, -0.2) is 37.1 Å². The first-order valence-electron chi connectivity index (χ1n) is 7.90. The van der Waals surface area contributed by atoms with Gasteiger partial charge in [-0.1, -0.05) is 6.07 Å². The molecule has 1 fully saturated rings. The summed E-state index contributed by atoms with van der Waals surface area (Å²) in [6.07, 6.45) is 3.13. The number of rotatable bonds is 5. The molecule has 0 bridgehead atoms. The molecule has 1 unspecified atom stereocenters. The van der Waals surface area contributed by atoms with Crippen LogP contribution in [0.5, 0.6) is 0 Å². The quantitative estimate of drug-likeness (QED) is 0.910. The zero-order chi connectivity index (χ0) is 16.9. The summed E-state index contributed by atoms with van der Waals surface area (Å²) in [6.45, 7) is 1.71. The van der Waals surface area contributed by atoms with Crippen molar-refractivity contribution in [1.82, 2.24) is 10.3 Å². The van der Waals surface area contributed by atoms with Gasteiger partial charge in [0.2, 0.25) is 5.89 Å². The van der Waals surface area contributed by atoms with Gasteiger partial charge in [0, 0.05) is 31.9 Å². The number of carbonyl (C=O) groups is 1. The molecule has 0 spiro atoms. The number of methoxy groups -OCH3 is 1. The first kappa shape index (κ1) is 16.4. The van der Waals surface area contributed by atoms with E-state index >= 15 is 0 Å². The zero-order valence-electron chi connectivity index (χ0n) is 13.5. The summed E-state index contributed by atoms with van der Waals surface area (Å²) >= 11 is 0. The molecule has 1 aliphatic rings. The summed E-state index contributed by atoms with van der Waals surface area (Å²) in [5.74, 6) is -0.160. The molecule has 1 aromatic carbocycles. The maximum Gasteiger partial charge on any atom is 0.273 e. The highest BCUT2D eigenvalue weighted by Gasteiger charge is 2.23. The van der Waals surface area contributed by atoms with Crippen molar-refractivity contribution in [3.05, 3.63) is 47.9 Å². The summed E-state index contributed by atoms with van der Waals surface area (Å²) in [7, 11) is 1.53. The number of nitrogens with one attached hydrogen (secondary N) is 1. The summed E-state index contributed by atoms with van der Waals surface area (Å²) in [4.78, 5) is 18.4. The van der Waals surface area contributed by atoms with Crippen molar-refractivity contribution in [3.63, 3.8) is 0 Å². The molecule has 24 heavy (non-hydrogen) atoms. The first-order chi connectivity index (χ1) is 11.7. The normalized spacial score (nSPS) is 17.8. The van der Waals surface area contributed by atoms with Gasteiger partial charge in [-0.15, -0.1) is 0 Å². The Hall–Kier alpha value is -2.41. The van der Waals surface area contributed by atoms with Crippen molar-refractivity contribution in [2.75, 3.05) is 25.1 Å². The SMILES string of the molecule is COCc1nc(C(=O)NC2CCCN(c3cccc(F)c3)C2)co1. The van der Waals surface area contributed by atoms with Gasteiger partial charge in [0.05, 0.1) is 0 Å². The van der Waals surface area contributed by atoms with Crippen LogP contribution in [0.25, 0.3) is 0 Å². The molecule has 0 radical (unpaired) electrons. The van der Waals surface area contributed by atoms with Crippen LogP contribution >= 0.6 is 0 Å². The fraction of sp³-hybridized carbons (Fsp3) is 0.412. The highest BCUT2D eigenvalue weighted by Crippen LogP contribution is 2.21. The Labute approximate surface area is 139 Å². The number of anilines is 1. The van der Waals surface area contributed by atoms with Crippen LogP contribution in [-0.2, 0) is 11.3 Å². The van der Waals surface area contributed by atoms with E-state index in [2.05, 4.69) is 15.2 Å². The monoisotopic (exact) mass is 333 g/mol. The van der Waals surface area contributed by atoms with Gasteiger partial charge in [0.1, 0.15) is 18.7 Å². The molecular formula is C17H20FN3O3. The summed E-state index contributed by atoms with van der Waals surface area (Å²) < 4.78 is 23.5. The van der Waals surface area contributed by atoms with E-state index < -0.39 is 0 Å². The molecule has 6 nitrogen and oxygen atoms in total. The minimum atomic E-state index is -0.271. The second-order valence-corrected chi connectivity index (χ2v) is 5.80. The lowest BCUT2D eigenvalue weighted by molar-refractivity contribution is 0.0928. The van der Waals surface area contributed by atoms with Crippen LogP contribution < -0.4 is 10.2 Å². The number of ether oxygens (including phenoxy) is 1. The predicted molar refractivity (Wildman–Crippen MR) is 86.3 cm³/mol. The van der Waals surface area contributed by atoms with Crippen molar-refractivity contribution in [1.29, 1.82) is 0 Å². The number of benzene rings is 1. The first-order valence-corrected chi connectivity index (χ1v) is 7.90. The van der Waals surface area contributed by atoms with Gasteiger partial charge in [-0.05, 0) is 31.0 Å². The molecule has 0 saturated carbocycles. The lowest BCUT2D eigenvalue weighted by Crippen LogP contribution is -2.48. The van der Waals surface area contributed by atoms with Gasteiger partial charge in [0.25, 0.3) is 5.91 Å². The number of aromatic nitrogens is 1. The van der Waals surface area contributed by atoms with Crippen LogP contribution in [0, 0.1) is 5.82 Å². The highest BCUT2D eigenvalue weighted by atomic mass is 19.1. The molecule has 1 N–H and O–H groups in total. The van der Waals surface area contributed by atoms with Gasteiger partial charge >= 0.3 is 0 Å². The van der Waals surface area contributed by atoms with Crippen LogP contribution in [0.3, 0.4) is 0 Å². The lowest BCUT2D eigenvalue weighted by Gasteiger charge is -2.34. The second-order valence-electron chi connectivity index (χ2n) is 5.80. The number of carbonyl (C=O) groups excluding carboxylic acids is 1. The molecule has 0 aliphatic carbocycles. The highest BCUT2D eigenvalue weighted by molar-refractivity contribution is 5.92. The largest absolute Gasteiger partial charge is 0.446 e. The molecule has 1 saturated heterocycles. The number of hydrogen-bond acceptors (Lipinski definition) is 5. The van der Waals surface area contributed by atoms with Gasteiger partial charge < -0.3 is 19.4 Å². The Balaban J connectivity index is 1.61. The van der Waals surface area contributed by atoms with Crippen molar-refractivity contribution in [2.24, 2.45) is 0 Å². The van der Waals surface area contributed by atoms with Gasteiger partial charge in [0.15, 0.2) is 5.69 Å². The Bertz CT molecular complexity index is 704. The topological polar surface area (TPSA) is 67.6 Å². The number of halogens is 1. The zero-order valence-corrected chi connectivity index (χ0v) is 13.5. The average Bonchev–Trinajstić information content (AvgIpc) is 3.04. The van der Waals surface area contributed by atoms with Crippen molar-refractivity contribution >= 4 is 11.6 Å². The van der Waals surface area contributed by atoms with Gasteiger partial charge in [-0.25, -0.2) is 9.37 Å². The third-order valence-corrected chi connectivity index (χ3v) is 3.98. The molecule has 1 aromatic heterocycles. The Morgan fingerprint density at radius 2 is 2.42 bits per heavy atom. The summed E-state index contributed by atoms with van der Waals surface area (Å²) in [5, 5.41) is 2.97. The van der Waals surface area contributed by atoms with Crippen LogP contribution in [0.1, 0.15) is 29.2 Å². The van der Waals surface area contributed by atoms with Gasteiger partial charge in [-0.2, -0.15) is 0 Å². The molecule has 7 heteroatoms. The van der Waals surface area contributed by atoms with Crippen molar-refractivity contribution < 1.29 is 18.3 Å². The van der Waals surface area contributed by atoms with E-state index in [-0.39, 0.29) is 30.1 Å². The fourth-order valence-corrected chi connectivity index (χ4v) is 2.87. The minimum absolute atomic E-state index is 0.0166. The van der Waals surface area contributed by atoms with E-state index in [0.29, 0.717) is 12.4 Å². The van der Waals surface area contributed by atoms with E-state index in [1.807, 2.05) is 6.07 Å². The lowest BCUT2D eigenvalue weighted by atomic mass is 10.0. The average molecular weight is 333 g/mol. The molecule has 2 aromatic rings. The predicted octanol–water partition coefficient (Wildman–Crippen LogP) is 2.36. The Kier molecular flexibility index (Phi) is 5.10. The third kappa shape index (κ3) is 3.91. The number of nitrogens with zero attached hydrogens (tertiary/aromatic N) is 2. The van der Waals surface area contributed by atoms with Gasteiger partial charge in [-0.3, -0.25) is 4.79 Å². The number of oxazole rings is 1. The van der Waals surface area contributed by atoms with E-state index in [0.717, 1.165) is 25.1 Å². The molecule has 1 aliphatic heterocycles. The molecule has 3 rings (SSSR count). The van der Waals surface area contributed by atoms with Crippen LogP contribution in [0.4, 0.5) is 10.1 Å². The van der Waals surface area contributed by atoms with E-state index in [1.165, 1.54) is 25.5 Å². The minimum Gasteiger partial charge on any atom is -0.446 e. The smallest absolute Gasteiger partial charge is 0.273 e. The molecule has 2 heterocycles. The molecular weight excluding hydrogens is 313 g/mol.